The van der Waals surface area contributed by atoms with Crippen LogP contribution < -0.4 is 11.1 Å². The van der Waals surface area contributed by atoms with Crippen molar-refractivity contribution in [1.29, 1.82) is 0 Å². The summed E-state index contributed by atoms with van der Waals surface area (Å²) in [6.45, 7) is 3.78. The molecule has 0 fully saturated rings. The van der Waals surface area contributed by atoms with E-state index < -0.39 is 23.7 Å². The molecule has 5 nitrogen and oxygen atoms in total. The number of nitrogens with one attached hydrogen (secondary N) is 2. The molecule has 0 bridgehead atoms. The van der Waals surface area contributed by atoms with Gasteiger partial charge in [-0.2, -0.15) is 13.2 Å². The quantitative estimate of drug-likeness (QED) is 0.597. The molecule has 2 aromatic heterocycles. The third-order valence-corrected chi connectivity index (χ3v) is 4.42. The van der Waals surface area contributed by atoms with E-state index in [0.29, 0.717) is 28.6 Å². The monoisotopic (exact) mass is 390 g/mol. The van der Waals surface area contributed by atoms with Crippen LogP contribution in [0, 0.1) is 5.92 Å². The van der Waals surface area contributed by atoms with Crippen LogP contribution in [0.5, 0.6) is 0 Å². The van der Waals surface area contributed by atoms with Crippen LogP contribution in [0.2, 0.25) is 0 Å². The molecule has 0 aliphatic heterocycles. The molecule has 0 aliphatic rings. The summed E-state index contributed by atoms with van der Waals surface area (Å²) in [6, 6.07) is 6.37. The highest BCUT2D eigenvalue weighted by Crippen LogP contribution is 2.38. The molecular weight excluding hydrogens is 369 g/mol. The van der Waals surface area contributed by atoms with Crippen molar-refractivity contribution in [3.63, 3.8) is 0 Å². The van der Waals surface area contributed by atoms with Crippen molar-refractivity contribution >= 4 is 22.6 Å². The second-order valence-electron chi connectivity index (χ2n) is 7.08. The zero-order valence-electron chi connectivity index (χ0n) is 15.5. The van der Waals surface area contributed by atoms with Gasteiger partial charge in [-0.25, -0.2) is 4.98 Å². The molecule has 148 valence electrons. The zero-order valence-corrected chi connectivity index (χ0v) is 15.5. The maximum absolute atomic E-state index is 13.7. The molecule has 2 heterocycles. The van der Waals surface area contributed by atoms with Gasteiger partial charge in [-0.05, 0) is 47.7 Å². The number of carbonyl (C=O) groups excluding carboxylic acids is 1. The molecule has 0 saturated carbocycles. The van der Waals surface area contributed by atoms with Gasteiger partial charge in [0.05, 0.1) is 17.3 Å². The average molecular weight is 390 g/mol. The lowest BCUT2D eigenvalue weighted by atomic mass is 9.99. The van der Waals surface area contributed by atoms with Gasteiger partial charge in [0, 0.05) is 17.8 Å². The Bertz CT molecular complexity index is 995. The number of hydrogen-bond donors (Lipinski definition) is 3. The van der Waals surface area contributed by atoms with Crippen molar-refractivity contribution < 1.29 is 18.0 Å². The number of alkyl halides is 3. The van der Waals surface area contributed by atoms with Crippen LogP contribution in [0.4, 0.5) is 18.9 Å². The first-order chi connectivity index (χ1) is 13.2. The van der Waals surface area contributed by atoms with Crippen LogP contribution in [0.15, 0.2) is 42.7 Å². The summed E-state index contributed by atoms with van der Waals surface area (Å²) in [4.78, 5) is 19.3. The third kappa shape index (κ3) is 4.17. The van der Waals surface area contributed by atoms with Gasteiger partial charge in [0.25, 0.3) is 0 Å². The molecule has 1 amide bonds. The van der Waals surface area contributed by atoms with Crippen molar-refractivity contribution in [3.05, 3.63) is 48.3 Å². The number of amides is 1. The molecule has 0 saturated heterocycles. The Balaban J connectivity index is 1.99. The summed E-state index contributed by atoms with van der Waals surface area (Å²) < 4.78 is 41.0. The number of halogens is 3. The Morgan fingerprint density at radius 1 is 1.25 bits per heavy atom. The van der Waals surface area contributed by atoms with E-state index in [1.54, 1.807) is 24.4 Å². The Kier molecular flexibility index (Phi) is 5.42. The molecule has 0 unspecified atom stereocenters. The second kappa shape index (κ2) is 7.63. The minimum absolute atomic E-state index is 0.153. The maximum atomic E-state index is 13.7. The zero-order chi connectivity index (χ0) is 20.5. The highest BCUT2D eigenvalue weighted by Gasteiger charge is 2.35. The smallest absolute Gasteiger partial charge is 0.346 e. The van der Waals surface area contributed by atoms with Crippen molar-refractivity contribution in [2.24, 2.45) is 11.7 Å². The van der Waals surface area contributed by atoms with E-state index in [1.165, 1.54) is 12.3 Å². The lowest BCUT2D eigenvalue weighted by Crippen LogP contribution is -2.37. The lowest BCUT2D eigenvalue weighted by molar-refractivity contribution is -0.136. The molecular formula is C20H21F3N4O. The predicted octanol–water partition coefficient (Wildman–Crippen LogP) is 4.56. The molecule has 0 radical (unpaired) electrons. The highest BCUT2D eigenvalue weighted by molar-refractivity contribution is 5.97. The van der Waals surface area contributed by atoms with Gasteiger partial charge in [-0.15, -0.1) is 0 Å². The van der Waals surface area contributed by atoms with Crippen molar-refractivity contribution in [2.75, 3.05) is 5.32 Å². The molecule has 8 heteroatoms. The van der Waals surface area contributed by atoms with E-state index in [2.05, 4.69) is 15.3 Å². The number of anilines is 1. The van der Waals surface area contributed by atoms with Gasteiger partial charge < -0.3 is 16.0 Å². The Morgan fingerprint density at radius 2 is 2.00 bits per heavy atom. The fraction of sp³-hybridized carbons (Fsp3) is 0.300. The number of hydrogen-bond acceptors (Lipinski definition) is 3. The minimum atomic E-state index is -4.63. The number of nitrogens with zero attached hydrogens (tertiary/aromatic N) is 1. The number of H-pyrrole nitrogens is 1. The number of aromatic nitrogens is 2. The van der Waals surface area contributed by atoms with Crippen molar-refractivity contribution in [2.45, 2.75) is 32.5 Å². The Hall–Kier alpha value is -2.87. The standard InChI is InChI=1S/C20H21F3N4O/c1-11(2)9-16(24)19(28)27-17-4-3-12(10-15(17)20(21,22)23)13-5-7-25-18-14(13)6-8-26-18/h3-8,10-11,16H,9,24H2,1-2H3,(H,25,26)(H,27,28)/t16-/m1/s1. The summed E-state index contributed by atoms with van der Waals surface area (Å²) in [6.07, 6.45) is -1.04. The molecule has 28 heavy (non-hydrogen) atoms. The Labute approximate surface area is 160 Å². The summed E-state index contributed by atoms with van der Waals surface area (Å²) >= 11 is 0. The topological polar surface area (TPSA) is 83.8 Å². The van der Waals surface area contributed by atoms with Crippen LogP contribution >= 0.6 is 0 Å². The first-order valence-electron chi connectivity index (χ1n) is 8.87. The molecule has 4 N–H and O–H groups in total. The van der Waals surface area contributed by atoms with Crippen LogP contribution in [0.1, 0.15) is 25.8 Å². The van der Waals surface area contributed by atoms with E-state index in [-0.39, 0.29) is 11.6 Å². The van der Waals surface area contributed by atoms with Crippen LogP contribution in [-0.4, -0.2) is 21.9 Å². The van der Waals surface area contributed by atoms with Gasteiger partial charge >= 0.3 is 6.18 Å². The number of benzene rings is 1. The normalized spacial score (nSPS) is 13.1. The third-order valence-electron chi connectivity index (χ3n) is 4.42. The number of aromatic amines is 1. The maximum Gasteiger partial charge on any atom is 0.418 e. The highest BCUT2D eigenvalue weighted by atomic mass is 19.4. The van der Waals surface area contributed by atoms with E-state index in [0.717, 1.165) is 6.07 Å². The van der Waals surface area contributed by atoms with Gasteiger partial charge in [-0.3, -0.25) is 4.79 Å². The van der Waals surface area contributed by atoms with Gasteiger partial charge in [0.2, 0.25) is 5.91 Å². The Morgan fingerprint density at radius 3 is 2.68 bits per heavy atom. The minimum Gasteiger partial charge on any atom is -0.346 e. The fourth-order valence-electron chi connectivity index (χ4n) is 3.11. The predicted molar refractivity (Wildman–Crippen MR) is 103 cm³/mol. The first kappa shape index (κ1) is 19.9. The largest absolute Gasteiger partial charge is 0.418 e. The fourth-order valence-corrected chi connectivity index (χ4v) is 3.11. The SMILES string of the molecule is CC(C)C[C@@H](N)C(=O)Nc1ccc(-c2ccnc3[nH]ccc23)cc1C(F)(F)F. The van der Waals surface area contributed by atoms with E-state index in [1.807, 2.05) is 13.8 Å². The van der Waals surface area contributed by atoms with E-state index in [9.17, 15) is 18.0 Å². The number of pyridine rings is 1. The summed E-state index contributed by atoms with van der Waals surface area (Å²) in [5, 5.41) is 3.04. The van der Waals surface area contributed by atoms with Crippen LogP contribution in [0.3, 0.4) is 0 Å². The van der Waals surface area contributed by atoms with Crippen LogP contribution in [-0.2, 0) is 11.0 Å². The summed E-state index contributed by atoms with van der Waals surface area (Å²) in [7, 11) is 0. The van der Waals surface area contributed by atoms with Crippen LogP contribution in [0.25, 0.3) is 22.2 Å². The van der Waals surface area contributed by atoms with E-state index in [4.69, 9.17) is 5.73 Å². The average Bonchev–Trinajstić information content (AvgIpc) is 3.09. The first-order valence-corrected chi connectivity index (χ1v) is 8.87. The van der Waals surface area contributed by atoms with Crippen molar-refractivity contribution in [3.8, 4) is 11.1 Å². The second-order valence-corrected chi connectivity index (χ2v) is 7.08. The number of nitrogens with two attached hydrogens (primary N) is 1. The molecule has 3 aromatic rings. The molecule has 0 aliphatic carbocycles. The molecule has 0 spiro atoms. The van der Waals surface area contributed by atoms with Gasteiger partial charge in [-0.1, -0.05) is 19.9 Å². The molecule has 1 aromatic carbocycles. The van der Waals surface area contributed by atoms with Crippen molar-refractivity contribution in [1.82, 2.24) is 9.97 Å². The van der Waals surface area contributed by atoms with Gasteiger partial charge in [0.15, 0.2) is 0 Å². The van der Waals surface area contributed by atoms with Gasteiger partial charge in [0.1, 0.15) is 5.65 Å². The molecule has 3 rings (SSSR count). The lowest BCUT2D eigenvalue weighted by Gasteiger charge is -2.18. The van der Waals surface area contributed by atoms with E-state index >= 15 is 0 Å². The summed E-state index contributed by atoms with van der Waals surface area (Å²) in [5.41, 5.74) is 6.15. The number of rotatable bonds is 5. The molecule has 1 atom stereocenters. The summed E-state index contributed by atoms with van der Waals surface area (Å²) in [5.74, 6) is -0.482. The number of carbonyl (C=O) groups is 1. The number of fused-ring (bicyclic) bond motifs is 1.